The molecule has 33 heavy (non-hydrogen) atoms. The molecule has 4 rings (SSSR count). The summed E-state index contributed by atoms with van der Waals surface area (Å²) in [6, 6.07) is 4.48. The molecule has 3 nitrogen and oxygen atoms in total. The van der Waals surface area contributed by atoms with Crippen LogP contribution in [0.5, 0.6) is 11.5 Å². The zero-order valence-electron chi connectivity index (χ0n) is 20.4. The van der Waals surface area contributed by atoms with Gasteiger partial charge in [-0.2, -0.15) is 0 Å². The molecule has 0 bridgehead atoms. The van der Waals surface area contributed by atoms with Crippen molar-refractivity contribution in [2.45, 2.75) is 84.5 Å². The number of esters is 1. The third-order valence-corrected chi connectivity index (χ3v) is 8.82. The first-order valence-electron chi connectivity index (χ1n) is 13.3. The first kappa shape index (κ1) is 24.3. The van der Waals surface area contributed by atoms with Crippen LogP contribution in [0.2, 0.25) is 0 Å². The van der Waals surface area contributed by atoms with Crippen LogP contribution in [0.3, 0.4) is 0 Å². The van der Waals surface area contributed by atoms with Crippen LogP contribution in [0, 0.1) is 41.3 Å². The fourth-order valence-electron chi connectivity index (χ4n) is 6.87. The summed E-state index contributed by atoms with van der Waals surface area (Å²) in [7, 11) is 0. The lowest BCUT2D eigenvalue weighted by molar-refractivity contribution is -0.144. The van der Waals surface area contributed by atoms with Crippen molar-refractivity contribution >= 4 is 5.97 Å². The van der Waals surface area contributed by atoms with Crippen molar-refractivity contribution in [3.05, 3.63) is 36.2 Å². The number of halogens is 1. The monoisotopic (exact) mass is 456 g/mol. The number of benzene rings is 1. The quantitative estimate of drug-likeness (QED) is 0.239. The number of carbonyl (C=O) groups is 1. The number of hydrogen-bond donors (Lipinski definition) is 0. The summed E-state index contributed by atoms with van der Waals surface area (Å²) in [6.07, 6.45) is 17.5. The van der Waals surface area contributed by atoms with Crippen LogP contribution in [0.15, 0.2) is 30.4 Å². The highest BCUT2D eigenvalue weighted by molar-refractivity contribution is 5.75. The molecular formula is C29H41FO3. The highest BCUT2D eigenvalue weighted by atomic mass is 19.1. The van der Waals surface area contributed by atoms with Crippen molar-refractivity contribution in [1.82, 2.24) is 0 Å². The first-order chi connectivity index (χ1) is 16.1. The van der Waals surface area contributed by atoms with Crippen molar-refractivity contribution in [2.24, 2.45) is 35.5 Å². The fraction of sp³-hybridized carbons (Fsp3) is 0.690. The lowest BCUT2D eigenvalue weighted by atomic mass is 9.59. The van der Waals surface area contributed by atoms with E-state index in [1.807, 2.05) is 19.1 Å². The topological polar surface area (TPSA) is 35.5 Å². The SMILES string of the molecule is C/C=C/COc1ccc(OC(=O)C2CCCC3CC(C4CCC(CC)CC4)CCC32)c(F)c1. The van der Waals surface area contributed by atoms with Gasteiger partial charge in [0, 0.05) is 6.07 Å². The van der Waals surface area contributed by atoms with Gasteiger partial charge >= 0.3 is 5.97 Å². The minimum absolute atomic E-state index is 0.0156. The van der Waals surface area contributed by atoms with E-state index < -0.39 is 5.82 Å². The molecule has 0 aliphatic heterocycles. The Morgan fingerprint density at radius 2 is 1.82 bits per heavy atom. The largest absolute Gasteiger partial charge is 0.489 e. The van der Waals surface area contributed by atoms with Gasteiger partial charge < -0.3 is 9.47 Å². The van der Waals surface area contributed by atoms with Crippen LogP contribution in [0.1, 0.15) is 84.5 Å². The van der Waals surface area contributed by atoms with Gasteiger partial charge in [0.15, 0.2) is 11.6 Å². The van der Waals surface area contributed by atoms with E-state index in [9.17, 15) is 9.18 Å². The Morgan fingerprint density at radius 1 is 1.03 bits per heavy atom. The van der Waals surface area contributed by atoms with Gasteiger partial charge in [-0.3, -0.25) is 4.79 Å². The van der Waals surface area contributed by atoms with Gasteiger partial charge in [-0.15, -0.1) is 0 Å². The predicted molar refractivity (Wildman–Crippen MR) is 130 cm³/mol. The van der Waals surface area contributed by atoms with Crippen LogP contribution >= 0.6 is 0 Å². The number of fused-ring (bicyclic) bond motifs is 1. The Hall–Kier alpha value is -1.84. The summed E-state index contributed by atoms with van der Waals surface area (Å²) in [6.45, 7) is 4.63. The Labute approximate surface area is 199 Å². The Balaban J connectivity index is 1.33. The third-order valence-electron chi connectivity index (χ3n) is 8.82. The molecule has 4 unspecified atom stereocenters. The summed E-state index contributed by atoms with van der Waals surface area (Å²) >= 11 is 0. The molecule has 3 aliphatic carbocycles. The lowest BCUT2D eigenvalue weighted by Crippen LogP contribution is -2.40. The molecule has 0 radical (unpaired) electrons. The maximum atomic E-state index is 14.6. The molecule has 3 aliphatic rings. The van der Waals surface area contributed by atoms with Crippen molar-refractivity contribution in [3.8, 4) is 11.5 Å². The van der Waals surface area contributed by atoms with E-state index in [0.717, 1.165) is 37.0 Å². The van der Waals surface area contributed by atoms with Gasteiger partial charge in [-0.1, -0.05) is 51.2 Å². The number of carbonyl (C=O) groups excluding carboxylic acids is 1. The highest BCUT2D eigenvalue weighted by Gasteiger charge is 2.43. The molecule has 0 saturated heterocycles. The molecule has 1 aromatic carbocycles. The predicted octanol–water partition coefficient (Wildman–Crippen LogP) is 7.74. The smallest absolute Gasteiger partial charge is 0.314 e. The Kier molecular flexibility index (Phi) is 8.49. The van der Waals surface area contributed by atoms with Crippen molar-refractivity contribution in [2.75, 3.05) is 6.61 Å². The maximum absolute atomic E-state index is 14.6. The normalized spacial score (nSPS) is 32.3. The fourth-order valence-corrected chi connectivity index (χ4v) is 6.87. The summed E-state index contributed by atoms with van der Waals surface area (Å²) in [4.78, 5) is 13.1. The van der Waals surface area contributed by atoms with Crippen molar-refractivity contribution in [3.63, 3.8) is 0 Å². The molecular weight excluding hydrogens is 415 g/mol. The minimum Gasteiger partial charge on any atom is -0.489 e. The Morgan fingerprint density at radius 3 is 2.55 bits per heavy atom. The molecule has 3 saturated carbocycles. The van der Waals surface area contributed by atoms with E-state index >= 15 is 0 Å². The second kappa shape index (κ2) is 11.5. The average Bonchev–Trinajstić information content (AvgIpc) is 2.85. The van der Waals surface area contributed by atoms with Gasteiger partial charge in [0.05, 0.1) is 5.92 Å². The summed E-state index contributed by atoms with van der Waals surface area (Å²) < 4.78 is 25.6. The third kappa shape index (κ3) is 6.00. The van der Waals surface area contributed by atoms with Crippen LogP contribution < -0.4 is 9.47 Å². The molecule has 0 N–H and O–H groups in total. The molecule has 1 aromatic rings. The van der Waals surface area contributed by atoms with E-state index in [-0.39, 0.29) is 17.6 Å². The minimum atomic E-state index is -0.542. The number of rotatable bonds is 7. The second-order valence-corrected chi connectivity index (χ2v) is 10.6. The molecule has 0 amide bonds. The van der Waals surface area contributed by atoms with E-state index in [4.69, 9.17) is 9.47 Å². The molecule has 0 aromatic heterocycles. The van der Waals surface area contributed by atoms with E-state index in [0.29, 0.717) is 24.2 Å². The van der Waals surface area contributed by atoms with Gasteiger partial charge in [0.2, 0.25) is 0 Å². The number of allylic oxidation sites excluding steroid dienone is 1. The van der Waals surface area contributed by atoms with Gasteiger partial charge in [-0.25, -0.2) is 4.39 Å². The number of ether oxygens (including phenoxy) is 2. The van der Waals surface area contributed by atoms with E-state index in [2.05, 4.69) is 6.92 Å². The second-order valence-electron chi connectivity index (χ2n) is 10.6. The molecule has 182 valence electrons. The van der Waals surface area contributed by atoms with Gasteiger partial charge in [0.25, 0.3) is 0 Å². The molecule has 4 heteroatoms. The highest BCUT2D eigenvalue weighted by Crippen LogP contribution is 2.50. The van der Waals surface area contributed by atoms with Gasteiger partial charge in [0.1, 0.15) is 12.4 Å². The lowest BCUT2D eigenvalue weighted by Gasteiger charge is -2.46. The van der Waals surface area contributed by atoms with Crippen LogP contribution in [0.4, 0.5) is 4.39 Å². The van der Waals surface area contributed by atoms with E-state index in [1.165, 1.54) is 63.5 Å². The van der Waals surface area contributed by atoms with Crippen molar-refractivity contribution in [1.29, 1.82) is 0 Å². The average molecular weight is 457 g/mol. The zero-order valence-corrected chi connectivity index (χ0v) is 20.4. The summed E-state index contributed by atoms with van der Waals surface area (Å²) in [5.41, 5.74) is 0. The summed E-state index contributed by atoms with van der Waals surface area (Å²) in [5.74, 6) is 3.29. The zero-order chi connectivity index (χ0) is 23.2. The standard InChI is InChI=1S/C29H41FO3/c1-3-5-17-32-24-14-16-28(27(30)19-24)33-29(31)26-8-6-7-23-18-22(13-15-25(23)26)21-11-9-20(4-2)10-12-21/h3,5,14,16,19-23,25-26H,4,6-13,15,17-18H2,1-2H3/b5-3+. The molecule has 0 heterocycles. The number of hydrogen-bond acceptors (Lipinski definition) is 3. The molecule has 3 fully saturated rings. The molecule has 0 spiro atoms. The van der Waals surface area contributed by atoms with E-state index in [1.54, 1.807) is 6.07 Å². The Bertz CT molecular complexity index is 811. The van der Waals surface area contributed by atoms with Crippen LogP contribution in [0.25, 0.3) is 0 Å². The van der Waals surface area contributed by atoms with Crippen molar-refractivity contribution < 1.29 is 18.7 Å². The molecule has 4 atom stereocenters. The maximum Gasteiger partial charge on any atom is 0.314 e. The summed E-state index contributed by atoms with van der Waals surface area (Å²) in [5, 5.41) is 0. The van der Waals surface area contributed by atoms with Crippen LogP contribution in [-0.2, 0) is 4.79 Å². The van der Waals surface area contributed by atoms with Crippen LogP contribution in [-0.4, -0.2) is 12.6 Å². The van der Waals surface area contributed by atoms with Gasteiger partial charge in [-0.05, 0) is 87.2 Å². The first-order valence-corrected chi connectivity index (χ1v) is 13.3.